The predicted octanol–water partition coefficient (Wildman–Crippen LogP) is 3.79. The number of benzene rings is 1. The Balaban J connectivity index is 1.43. The van der Waals surface area contributed by atoms with Gasteiger partial charge in [0.05, 0.1) is 9.48 Å². The number of carbonyl (C=O) groups excluding carboxylic acids is 1. The summed E-state index contributed by atoms with van der Waals surface area (Å²) in [4.78, 5) is 29.5. The summed E-state index contributed by atoms with van der Waals surface area (Å²) in [6, 6.07) is 4.04. The third-order valence-corrected chi connectivity index (χ3v) is 6.71. The van der Waals surface area contributed by atoms with Gasteiger partial charge in [0.25, 0.3) is 5.91 Å². The van der Waals surface area contributed by atoms with E-state index >= 15 is 0 Å². The van der Waals surface area contributed by atoms with Crippen LogP contribution in [0.5, 0.6) is 0 Å². The average molecular weight is 554 g/mol. The molecular weight excluding hydrogens is 537 g/mol. The van der Waals surface area contributed by atoms with Crippen molar-refractivity contribution in [3.05, 3.63) is 50.3 Å². The number of carboxylic acid groups (broad SMARTS) is 1. The Morgan fingerprint density at radius 3 is 2.71 bits per heavy atom. The van der Waals surface area contributed by atoms with Crippen molar-refractivity contribution < 1.29 is 28.9 Å². The zero-order valence-corrected chi connectivity index (χ0v) is 19.6. The highest BCUT2D eigenvalue weighted by atomic mass is 79.9. The van der Waals surface area contributed by atoms with Crippen molar-refractivity contribution in [1.82, 2.24) is 20.2 Å². The molecule has 1 aliphatic heterocycles. The number of rotatable bonds is 5. The maximum atomic E-state index is 13.5. The molecule has 0 atom stereocenters. The van der Waals surface area contributed by atoms with Gasteiger partial charge in [-0.1, -0.05) is 5.16 Å². The highest BCUT2D eigenvalue weighted by Crippen LogP contribution is 2.30. The minimum Gasteiger partial charge on any atom is -0.465 e. The van der Waals surface area contributed by atoms with E-state index in [2.05, 4.69) is 51.6 Å². The van der Waals surface area contributed by atoms with Gasteiger partial charge in [-0.2, -0.15) is 0 Å². The van der Waals surface area contributed by atoms with Crippen LogP contribution in [-0.4, -0.2) is 61.4 Å². The second kappa shape index (κ2) is 10.1. The summed E-state index contributed by atoms with van der Waals surface area (Å²) in [7, 11) is 0. The molecular formula is C19H17BrFN7O5S. The quantitative estimate of drug-likeness (QED) is 0.159. The first kappa shape index (κ1) is 23.6. The molecule has 0 saturated carbocycles. The fourth-order valence-corrected chi connectivity index (χ4v) is 4.69. The number of nitrogens with one attached hydrogen (secondary N) is 2. The lowest BCUT2D eigenvalue weighted by Crippen LogP contribution is -2.36. The lowest BCUT2D eigenvalue weighted by Gasteiger charge is -2.28. The largest absolute Gasteiger partial charge is 0.465 e. The molecule has 0 unspecified atom stereocenters. The lowest BCUT2D eigenvalue weighted by atomic mass is 9.98. The third-order valence-electron chi connectivity index (χ3n) is 5.10. The Hall–Kier alpha value is -3.59. The molecule has 4 rings (SSSR count). The number of hydrogen-bond donors (Lipinski definition) is 4. The number of likely N-dealkylation sites (tertiary alicyclic amines) is 1. The molecule has 0 spiro atoms. The standard InChI is InChI=1S/C19H17BrFN7O5S/c20-11-7-10(1-2-12(11)21)22-15(25-32)14-16(27-33-26-14)24-17(29)13-8-34-18(23-13)9-3-5-28(6-4-9)19(30)31/h1-2,7-9,32H,3-6H2,(H,22,25)(H,30,31)(H,24,27,29). The molecule has 0 radical (unpaired) electrons. The normalized spacial score (nSPS) is 14.8. The van der Waals surface area contributed by atoms with Gasteiger partial charge < -0.3 is 25.8 Å². The van der Waals surface area contributed by atoms with E-state index < -0.39 is 17.8 Å². The summed E-state index contributed by atoms with van der Waals surface area (Å²) < 4.78 is 18.3. The van der Waals surface area contributed by atoms with Gasteiger partial charge >= 0.3 is 6.09 Å². The van der Waals surface area contributed by atoms with Gasteiger partial charge in [-0.15, -0.1) is 11.3 Å². The SMILES string of the molecule is O=C(Nc1nonc1/C(=N\O)Nc1ccc(F)c(Br)c1)c1csc(C2CCN(C(=O)O)CC2)n1. The van der Waals surface area contributed by atoms with E-state index in [1.807, 2.05) is 0 Å². The van der Waals surface area contributed by atoms with Crippen molar-refractivity contribution >= 4 is 56.6 Å². The van der Waals surface area contributed by atoms with Gasteiger partial charge in [-0.25, -0.2) is 18.8 Å². The molecule has 3 heterocycles. The number of amidine groups is 1. The van der Waals surface area contributed by atoms with Crippen molar-refractivity contribution in [2.75, 3.05) is 23.7 Å². The zero-order valence-electron chi connectivity index (χ0n) is 17.2. The average Bonchev–Trinajstić information content (AvgIpc) is 3.50. The molecule has 1 aromatic carbocycles. The van der Waals surface area contributed by atoms with Gasteiger partial charge in [-0.3, -0.25) is 4.79 Å². The number of nitrogens with zero attached hydrogens (tertiary/aromatic N) is 5. The molecule has 3 aromatic rings. The first-order chi connectivity index (χ1) is 16.4. The van der Waals surface area contributed by atoms with Crippen LogP contribution < -0.4 is 10.6 Å². The van der Waals surface area contributed by atoms with Crippen molar-refractivity contribution in [3.63, 3.8) is 0 Å². The molecule has 1 fully saturated rings. The smallest absolute Gasteiger partial charge is 0.407 e. The van der Waals surface area contributed by atoms with Crippen LogP contribution in [0.2, 0.25) is 0 Å². The lowest BCUT2D eigenvalue weighted by molar-refractivity contribution is 0.102. The summed E-state index contributed by atoms with van der Waals surface area (Å²) in [6.45, 7) is 0.825. The van der Waals surface area contributed by atoms with Crippen LogP contribution >= 0.6 is 27.3 Å². The van der Waals surface area contributed by atoms with E-state index in [-0.39, 0.29) is 33.4 Å². The molecule has 2 aromatic heterocycles. The molecule has 178 valence electrons. The highest BCUT2D eigenvalue weighted by Gasteiger charge is 2.27. The van der Waals surface area contributed by atoms with Crippen LogP contribution in [0.15, 0.2) is 37.8 Å². The topological polar surface area (TPSA) is 166 Å². The van der Waals surface area contributed by atoms with Crippen molar-refractivity contribution in [1.29, 1.82) is 0 Å². The minimum atomic E-state index is -0.943. The van der Waals surface area contributed by atoms with E-state index in [1.54, 1.807) is 5.38 Å². The Kier molecular flexibility index (Phi) is 7.02. The molecule has 1 saturated heterocycles. The number of oxime groups is 1. The van der Waals surface area contributed by atoms with Gasteiger partial charge in [0.1, 0.15) is 11.5 Å². The van der Waals surface area contributed by atoms with Crippen LogP contribution in [0.4, 0.5) is 20.7 Å². The summed E-state index contributed by atoms with van der Waals surface area (Å²) in [5.41, 5.74) is 0.430. The van der Waals surface area contributed by atoms with Gasteiger partial charge in [-0.05, 0) is 57.3 Å². The number of carbonyl (C=O) groups is 2. The number of thiazole rings is 1. The molecule has 2 amide bonds. The summed E-state index contributed by atoms with van der Waals surface area (Å²) >= 11 is 4.38. The monoisotopic (exact) mass is 553 g/mol. The first-order valence-corrected chi connectivity index (χ1v) is 11.5. The van der Waals surface area contributed by atoms with Crippen LogP contribution in [0, 0.1) is 5.82 Å². The highest BCUT2D eigenvalue weighted by molar-refractivity contribution is 9.10. The number of piperidine rings is 1. The fraction of sp³-hybridized carbons (Fsp3) is 0.263. The number of hydrogen-bond acceptors (Lipinski definition) is 9. The molecule has 0 bridgehead atoms. The van der Waals surface area contributed by atoms with Crippen LogP contribution in [0.25, 0.3) is 0 Å². The number of aromatic nitrogens is 3. The Labute approximate surface area is 203 Å². The Morgan fingerprint density at radius 1 is 1.26 bits per heavy atom. The first-order valence-electron chi connectivity index (χ1n) is 9.87. The van der Waals surface area contributed by atoms with Crippen molar-refractivity contribution in [3.8, 4) is 0 Å². The molecule has 0 aliphatic carbocycles. The minimum absolute atomic E-state index is 0.0683. The van der Waals surface area contributed by atoms with Gasteiger partial charge in [0.15, 0.2) is 5.69 Å². The second-order valence-electron chi connectivity index (χ2n) is 7.23. The number of anilines is 2. The van der Waals surface area contributed by atoms with E-state index in [4.69, 9.17) is 5.11 Å². The summed E-state index contributed by atoms with van der Waals surface area (Å²) in [5.74, 6) is -1.29. The van der Waals surface area contributed by atoms with Crippen molar-refractivity contribution in [2.24, 2.45) is 5.16 Å². The summed E-state index contributed by atoms with van der Waals surface area (Å²) in [6.07, 6.45) is 0.307. The number of amides is 2. The van der Waals surface area contributed by atoms with Gasteiger partial charge in [0, 0.05) is 30.1 Å². The van der Waals surface area contributed by atoms with Crippen LogP contribution in [0.3, 0.4) is 0 Å². The van der Waals surface area contributed by atoms with E-state index in [0.717, 1.165) is 5.01 Å². The molecule has 34 heavy (non-hydrogen) atoms. The van der Waals surface area contributed by atoms with E-state index in [1.165, 1.54) is 34.4 Å². The third kappa shape index (κ3) is 5.14. The fourth-order valence-electron chi connectivity index (χ4n) is 3.34. The van der Waals surface area contributed by atoms with Crippen LogP contribution in [0.1, 0.15) is 39.9 Å². The second-order valence-corrected chi connectivity index (χ2v) is 8.98. The zero-order chi connectivity index (χ0) is 24.2. The maximum absolute atomic E-state index is 13.5. The molecule has 4 N–H and O–H groups in total. The predicted molar refractivity (Wildman–Crippen MR) is 122 cm³/mol. The summed E-state index contributed by atoms with van der Waals surface area (Å²) in [5, 5.41) is 36.5. The van der Waals surface area contributed by atoms with E-state index in [9.17, 15) is 19.2 Å². The molecule has 15 heteroatoms. The molecule has 12 nitrogen and oxygen atoms in total. The Bertz CT molecular complexity index is 1240. The molecule has 1 aliphatic rings. The number of halogens is 2. The Morgan fingerprint density at radius 2 is 2.03 bits per heavy atom. The van der Waals surface area contributed by atoms with Gasteiger partial charge in [0.2, 0.25) is 11.7 Å². The van der Waals surface area contributed by atoms with Crippen molar-refractivity contribution in [2.45, 2.75) is 18.8 Å². The van der Waals surface area contributed by atoms with Crippen LogP contribution in [-0.2, 0) is 0 Å². The van der Waals surface area contributed by atoms with E-state index in [0.29, 0.717) is 31.6 Å². The maximum Gasteiger partial charge on any atom is 0.407 e.